The van der Waals surface area contributed by atoms with E-state index in [1.165, 1.54) is 23.9 Å². The second-order valence-electron chi connectivity index (χ2n) is 9.22. The molecule has 0 atom stereocenters. The number of hydrogen-bond acceptors (Lipinski definition) is 3. The number of fused-ring (bicyclic) bond motifs is 3. The first-order valence-electron chi connectivity index (χ1n) is 12.2. The van der Waals surface area contributed by atoms with Gasteiger partial charge in [0.2, 0.25) is 0 Å². The number of alkyl carbamates (subject to hydrolysis) is 1. The van der Waals surface area contributed by atoms with Crippen LogP contribution < -0.4 is 5.32 Å². The summed E-state index contributed by atoms with van der Waals surface area (Å²) in [5, 5.41) is 3.71. The molecule has 0 aliphatic carbocycles. The standard InChI is InChI=1S/C27H33F2N3O2/c1-19(2)34-27(33)30-14-5-3-4-6-15-31-16-13-26-24(18-31)23-17-21(29)9-12-25(23)32(26)22-10-7-20(28)8-11-22/h7-12,17,19H,3-6,13-16,18H2,1-2H3,(H,30,33). The molecule has 1 aliphatic rings. The number of benzene rings is 2. The summed E-state index contributed by atoms with van der Waals surface area (Å²) >= 11 is 0. The summed E-state index contributed by atoms with van der Waals surface area (Å²) in [5.74, 6) is -0.507. The van der Waals surface area contributed by atoms with E-state index in [9.17, 15) is 13.6 Å². The molecule has 0 saturated carbocycles. The number of carbonyl (C=O) groups is 1. The molecule has 0 unspecified atom stereocenters. The number of unbranched alkanes of at least 4 members (excludes halogenated alkanes) is 3. The van der Waals surface area contributed by atoms with Crippen LogP contribution in [0.25, 0.3) is 16.6 Å². The lowest BCUT2D eigenvalue weighted by Gasteiger charge is -2.28. The normalized spacial score (nSPS) is 13.9. The fraction of sp³-hybridized carbons (Fsp3) is 0.444. The Labute approximate surface area is 199 Å². The Hall–Kier alpha value is -2.93. The van der Waals surface area contributed by atoms with E-state index in [1.54, 1.807) is 18.2 Å². The molecule has 0 saturated heterocycles. The highest BCUT2D eigenvalue weighted by Gasteiger charge is 2.24. The van der Waals surface area contributed by atoms with Crippen molar-refractivity contribution in [2.45, 2.75) is 58.6 Å². The molecule has 1 N–H and O–H groups in total. The highest BCUT2D eigenvalue weighted by Crippen LogP contribution is 2.34. The number of ether oxygens (including phenoxy) is 1. The van der Waals surface area contributed by atoms with E-state index in [0.29, 0.717) is 6.54 Å². The molecule has 4 rings (SSSR count). The maximum Gasteiger partial charge on any atom is 0.407 e. The summed E-state index contributed by atoms with van der Waals surface area (Å²) < 4.78 is 34.8. The number of carbonyl (C=O) groups excluding carboxylic acids is 1. The second-order valence-corrected chi connectivity index (χ2v) is 9.22. The molecule has 0 bridgehead atoms. The summed E-state index contributed by atoms with van der Waals surface area (Å²) in [6.45, 7) is 7.01. The molecule has 0 radical (unpaired) electrons. The quantitative estimate of drug-likeness (QED) is 0.393. The minimum Gasteiger partial charge on any atom is -0.447 e. The molecule has 0 spiro atoms. The zero-order valence-corrected chi connectivity index (χ0v) is 19.9. The number of halogens is 2. The molecule has 5 nitrogen and oxygen atoms in total. The molecule has 3 aromatic rings. The third-order valence-electron chi connectivity index (χ3n) is 6.29. The van der Waals surface area contributed by atoms with Gasteiger partial charge in [0.05, 0.1) is 11.6 Å². The van der Waals surface area contributed by atoms with Gasteiger partial charge in [0.1, 0.15) is 11.6 Å². The second kappa shape index (κ2) is 11.0. The molecule has 7 heteroatoms. The van der Waals surface area contributed by atoms with E-state index < -0.39 is 0 Å². The number of nitrogens with one attached hydrogen (secondary N) is 1. The number of nitrogens with zero attached hydrogens (tertiary/aromatic N) is 2. The summed E-state index contributed by atoms with van der Waals surface area (Å²) in [6.07, 6.45) is 4.57. The van der Waals surface area contributed by atoms with Gasteiger partial charge in [-0.3, -0.25) is 4.90 Å². The molecule has 2 heterocycles. The minimum atomic E-state index is -0.352. The van der Waals surface area contributed by atoms with Gasteiger partial charge in [-0.15, -0.1) is 0 Å². The highest BCUT2D eigenvalue weighted by molar-refractivity contribution is 5.87. The van der Waals surface area contributed by atoms with E-state index in [2.05, 4.69) is 14.8 Å². The topological polar surface area (TPSA) is 46.5 Å². The van der Waals surface area contributed by atoms with Crippen LogP contribution in [0.15, 0.2) is 42.5 Å². The summed E-state index contributed by atoms with van der Waals surface area (Å²) in [4.78, 5) is 13.9. The smallest absolute Gasteiger partial charge is 0.407 e. The molecular weight excluding hydrogens is 436 g/mol. The lowest BCUT2D eigenvalue weighted by Crippen LogP contribution is -2.31. The van der Waals surface area contributed by atoms with Crippen molar-refractivity contribution < 1.29 is 18.3 Å². The van der Waals surface area contributed by atoms with Gasteiger partial charge in [-0.2, -0.15) is 0 Å². The Bertz CT molecular complexity index is 1130. The maximum atomic E-state index is 14.1. The van der Waals surface area contributed by atoms with Crippen LogP contribution in [0.2, 0.25) is 0 Å². The van der Waals surface area contributed by atoms with Crippen molar-refractivity contribution in [3.05, 3.63) is 65.4 Å². The average molecular weight is 470 g/mol. The van der Waals surface area contributed by atoms with Crippen molar-refractivity contribution in [1.82, 2.24) is 14.8 Å². The Balaban J connectivity index is 1.35. The first-order valence-corrected chi connectivity index (χ1v) is 12.2. The van der Waals surface area contributed by atoms with Crippen LogP contribution in [0, 0.1) is 11.6 Å². The lowest BCUT2D eigenvalue weighted by atomic mass is 10.0. The summed E-state index contributed by atoms with van der Waals surface area (Å²) in [5.41, 5.74) is 4.21. The molecule has 2 aromatic carbocycles. The fourth-order valence-corrected chi connectivity index (χ4v) is 4.72. The number of aromatic nitrogens is 1. The van der Waals surface area contributed by atoms with Crippen molar-refractivity contribution in [2.24, 2.45) is 0 Å². The number of amides is 1. The largest absolute Gasteiger partial charge is 0.447 e. The van der Waals surface area contributed by atoms with Crippen molar-refractivity contribution in [3.63, 3.8) is 0 Å². The molecule has 182 valence electrons. The summed E-state index contributed by atoms with van der Waals surface area (Å²) in [7, 11) is 0. The van der Waals surface area contributed by atoms with E-state index in [4.69, 9.17) is 4.74 Å². The van der Waals surface area contributed by atoms with Gasteiger partial charge in [-0.05, 0) is 81.3 Å². The molecular formula is C27H33F2N3O2. The van der Waals surface area contributed by atoms with Crippen LogP contribution in [0.1, 0.15) is 50.8 Å². The molecule has 34 heavy (non-hydrogen) atoms. The number of rotatable bonds is 9. The Morgan fingerprint density at radius 3 is 2.53 bits per heavy atom. The Morgan fingerprint density at radius 1 is 1.03 bits per heavy atom. The Morgan fingerprint density at radius 2 is 1.76 bits per heavy atom. The van der Waals surface area contributed by atoms with E-state index in [-0.39, 0.29) is 23.8 Å². The Kier molecular flexibility index (Phi) is 7.83. The first kappa shape index (κ1) is 24.2. The van der Waals surface area contributed by atoms with Crippen molar-refractivity contribution in [2.75, 3.05) is 19.6 Å². The van der Waals surface area contributed by atoms with Gasteiger partial charge >= 0.3 is 6.09 Å². The van der Waals surface area contributed by atoms with Gasteiger partial charge in [0, 0.05) is 42.8 Å². The maximum absolute atomic E-state index is 14.1. The molecule has 1 aromatic heterocycles. The third kappa shape index (κ3) is 5.76. The highest BCUT2D eigenvalue weighted by atomic mass is 19.1. The average Bonchev–Trinajstić information content (AvgIpc) is 3.11. The van der Waals surface area contributed by atoms with Crippen molar-refractivity contribution in [3.8, 4) is 5.69 Å². The zero-order chi connectivity index (χ0) is 24.1. The number of hydrogen-bond donors (Lipinski definition) is 1. The summed E-state index contributed by atoms with van der Waals surface area (Å²) in [6, 6.07) is 11.4. The first-order chi connectivity index (χ1) is 16.4. The predicted octanol–water partition coefficient (Wildman–Crippen LogP) is 5.96. The predicted molar refractivity (Wildman–Crippen MR) is 130 cm³/mol. The van der Waals surface area contributed by atoms with Gasteiger partial charge < -0.3 is 14.6 Å². The minimum absolute atomic E-state index is 0.105. The van der Waals surface area contributed by atoms with Crippen LogP contribution >= 0.6 is 0 Å². The van der Waals surface area contributed by atoms with Gasteiger partial charge in [-0.1, -0.05) is 12.8 Å². The SMILES string of the molecule is CC(C)OC(=O)NCCCCCCN1CCc2c(c3cc(F)ccc3n2-c2ccc(F)cc2)C1. The molecule has 1 aliphatic heterocycles. The van der Waals surface area contributed by atoms with E-state index in [0.717, 1.165) is 73.9 Å². The molecule has 0 fully saturated rings. The van der Waals surface area contributed by atoms with Gasteiger partial charge in [0.25, 0.3) is 0 Å². The van der Waals surface area contributed by atoms with Crippen LogP contribution in [-0.2, 0) is 17.7 Å². The lowest BCUT2D eigenvalue weighted by molar-refractivity contribution is 0.115. The van der Waals surface area contributed by atoms with E-state index in [1.807, 2.05) is 19.9 Å². The van der Waals surface area contributed by atoms with Crippen molar-refractivity contribution in [1.29, 1.82) is 0 Å². The van der Waals surface area contributed by atoms with Gasteiger partial charge in [-0.25, -0.2) is 13.6 Å². The fourth-order valence-electron chi connectivity index (χ4n) is 4.72. The van der Waals surface area contributed by atoms with Crippen LogP contribution in [0.4, 0.5) is 13.6 Å². The third-order valence-corrected chi connectivity index (χ3v) is 6.29. The monoisotopic (exact) mass is 469 g/mol. The van der Waals surface area contributed by atoms with Gasteiger partial charge in [0.15, 0.2) is 0 Å². The molecule has 1 amide bonds. The van der Waals surface area contributed by atoms with Crippen molar-refractivity contribution >= 4 is 17.0 Å². The van der Waals surface area contributed by atoms with Crippen LogP contribution in [-0.4, -0.2) is 41.3 Å². The zero-order valence-electron chi connectivity index (χ0n) is 19.9. The van der Waals surface area contributed by atoms with Crippen LogP contribution in [0.5, 0.6) is 0 Å². The van der Waals surface area contributed by atoms with E-state index >= 15 is 0 Å². The van der Waals surface area contributed by atoms with Crippen LogP contribution in [0.3, 0.4) is 0 Å².